The van der Waals surface area contributed by atoms with Crippen LogP contribution in [0.4, 0.5) is 0 Å². The predicted molar refractivity (Wildman–Crippen MR) is 86.8 cm³/mol. The molecule has 0 bridgehead atoms. The van der Waals surface area contributed by atoms with Gasteiger partial charge in [-0.3, -0.25) is 4.90 Å². The predicted octanol–water partition coefficient (Wildman–Crippen LogP) is 3.17. The zero-order valence-corrected chi connectivity index (χ0v) is 13.5. The number of aryl methyl sites for hydroxylation is 1. The number of benzene rings is 1. The SMILES string of the molecule is Cc1cccc(CN2CCc3nc(C(C)C)ncc3C2)c1O. The smallest absolute Gasteiger partial charge is 0.131 e. The van der Waals surface area contributed by atoms with Crippen LogP contribution in [0.5, 0.6) is 5.75 Å². The summed E-state index contributed by atoms with van der Waals surface area (Å²) in [7, 11) is 0. The van der Waals surface area contributed by atoms with E-state index in [0.29, 0.717) is 11.7 Å². The molecule has 4 heteroatoms. The Hall–Kier alpha value is -1.94. The number of para-hydroxylation sites is 1. The van der Waals surface area contributed by atoms with Gasteiger partial charge in [0.2, 0.25) is 0 Å². The van der Waals surface area contributed by atoms with Crippen molar-refractivity contribution >= 4 is 0 Å². The molecule has 3 rings (SSSR count). The molecular weight excluding hydrogens is 274 g/mol. The van der Waals surface area contributed by atoms with Gasteiger partial charge >= 0.3 is 0 Å². The Bertz CT molecular complexity index is 682. The molecule has 0 fully saturated rings. The fraction of sp³-hybridized carbons (Fsp3) is 0.444. The van der Waals surface area contributed by atoms with Crippen LogP contribution in [0.15, 0.2) is 24.4 Å². The van der Waals surface area contributed by atoms with Crippen LogP contribution in [-0.2, 0) is 19.5 Å². The van der Waals surface area contributed by atoms with Gasteiger partial charge in [0, 0.05) is 55.0 Å². The lowest BCUT2D eigenvalue weighted by atomic mass is 10.0. The van der Waals surface area contributed by atoms with Gasteiger partial charge < -0.3 is 5.11 Å². The van der Waals surface area contributed by atoms with Gasteiger partial charge in [-0.25, -0.2) is 9.97 Å². The van der Waals surface area contributed by atoms with Crippen molar-refractivity contribution < 1.29 is 5.11 Å². The van der Waals surface area contributed by atoms with Crippen molar-refractivity contribution in [1.82, 2.24) is 14.9 Å². The van der Waals surface area contributed by atoms with Crippen LogP contribution in [0.2, 0.25) is 0 Å². The minimum absolute atomic E-state index is 0.368. The van der Waals surface area contributed by atoms with Crippen LogP contribution in [-0.4, -0.2) is 26.5 Å². The van der Waals surface area contributed by atoms with E-state index in [9.17, 15) is 5.11 Å². The first-order chi connectivity index (χ1) is 10.5. The maximum atomic E-state index is 10.2. The zero-order valence-electron chi connectivity index (χ0n) is 13.5. The Balaban J connectivity index is 1.76. The molecule has 2 heterocycles. The number of fused-ring (bicyclic) bond motifs is 1. The topological polar surface area (TPSA) is 49.2 Å². The van der Waals surface area contributed by atoms with Gasteiger partial charge in [-0.05, 0) is 12.5 Å². The third kappa shape index (κ3) is 2.97. The summed E-state index contributed by atoms with van der Waals surface area (Å²) in [6.45, 7) is 8.76. The highest BCUT2D eigenvalue weighted by atomic mass is 16.3. The van der Waals surface area contributed by atoms with E-state index in [-0.39, 0.29) is 0 Å². The van der Waals surface area contributed by atoms with Gasteiger partial charge in [0.15, 0.2) is 0 Å². The molecule has 0 saturated heterocycles. The maximum absolute atomic E-state index is 10.2. The number of rotatable bonds is 3. The van der Waals surface area contributed by atoms with E-state index in [4.69, 9.17) is 4.98 Å². The summed E-state index contributed by atoms with van der Waals surface area (Å²) in [5.74, 6) is 1.72. The van der Waals surface area contributed by atoms with E-state index >= 15 is 0 Å². The molecule has 1 aliphatic rings. The van der Waals surface area contributed by atoms with Gasteiger partial charge in [-0.15, -0.1) is 0 Å². The van der Waals surface area contributed by atoms with Gasteiger partial charge in [0.1, 0.15) is 11.6 Å². The number of aromatic hydroxyl groups is 1. The molecule has 0 saturated carbocycles. The third-order valence-electron chi connectivity index (χ3n) is 4.26. The minimum atomic E-state index is 0.368. The second-order valence-corrected chi connectivity index (χ2v) is 6.40. The Morgan fingerprint density at radius 3 is 2.91 bits per heavy atom. The third-order valence-corrected chi connectivity index (χ3v) is 4.26. The van der Waals surface area contributed by atoms with Crippen molar-refractivity contribution in [2.45, 2.75) is 46.2 Å². The Morgan fingerprint density at radius 2 is 2.14 bits per heavy atom. The molecule has 4 nitrogen and oxygen atoms in total. The van der Waals surface area contributed by atoms with E-state index in [1.165, 1.54) is 11.3 Å². The zero-order chi connectivity index (χ0) is 15.7. The highest BCUT2D eigenvalue weighted by Gasteiger charge is 2.20. The van der Waals surface area contributed by atoms with Crippen LogP contribution >= 0.6 is 0 Å². The lowest BCUT2D eigenvalue weighted by Crippen LogP contribution is -2.31. The van der Waals surface area contributed by atoms with E-state index < -0.39 is 0 Å². The molecule has 0 atom stereocenters. The summed E-state index contributed by atoms with van der Waals surface area (Å²) in [6.07, 6.45) is 2.92. The molecular formula is C18H23N3O. The second kappa shape index (κ2) is 6.05. The average molecular weight is 297 g/mol. The van der Waals surface area contributed by atoms with Gasteiger partial charge in [-0.2, -0.15) is 0 Å². The molecule has 1 N–H and O–H groups in total. The molecule has 0 radical (unpaired) electrons. The fourth-order valence-corrected chi connectivity index (χ4v) is 2.89. The van der Waals surface area contributed by atoms with Crippen LogP contribution in [0, 0.1) is 6.92 Å². The highest BCUT2D eigenvalue weighted by Crippen LogP contribution is 2.25. The Morgan fingerprint density at radius 1 is 1.32 bits per heavy atom. The fourth-order valence-electron chi connectivity index (χ4n) is 2.89. The Labute approximate surface area is 131 Å². The van der Waals surface area contributed by atoms with Crippen LogP contribution in [0.3, 0.4) is 0 Å². The van der Waals surface area contributed by atoms with Crippen molar-refractivity contribution in [2.75, 3.05) is 6.54 Å². The lowest BCUT2D eigenvalue weighted by Gasteiger charge is -2.28. The average Bonchev–Trinajstić information content (AvgIpc) is 2.51. The summed E-state index contributed by atoms with van der Waals surface area (Å²) in [6, 6.07) is 5.93. The van der Waals surface area contributed by atoms with Gasteiger partial charge in [-0.1, -0.05) is 32.0 Å². The second-order valence-electron chi connectivity index (χ2n) is 6.40. The molecule has 22 heavy (non-hydrogen) atoms. The summed E-state index contributed by atoms with van der Waals surface area (Å²) in [4.78, 5) is 11.5. The maximum Gasteiger partial charge on any atom is 0.131 e. The molecule has 0 amide bonds. The molecule has 2 aromatic rings. The molecule has 1 aromatic carbocycles. The largest absolute Gasteiger partial charge is 0.507 e. The lowest BCUT2D eigenvalue weighted by molar-refractivity contribution is 0.239. The summed E-state index contributed by atoms with van der Waals surface area (Å²) in [5.41, 5.74) is 4.31. The van der Waals surface area contributed by atoms with Crippen LogP contribution in [0.25, 0.3) is 0 Å². The number of aromatic nitrogens is 2. The van der Waals surface area contributed by atoms with Gasteiger partial charge in [0.25, 0.3) is 0 Å². The summed E-state index contributed by atoms with van der Waals surface area (Å²) >= 11 is 0. The molecule has 1 aliphatic heterocycles. The molecule has 0 spiro atoms. The molecule has 1 aromatic heterocycles. The first kappa shape index (κ1) is 15.0. The number of hydrogen-bond donors (Lipinski definition) is 1. The van der Waals surface area contributed by atoms with Crippen molar-refractivity contribution in [3.63, 3.8) is 0 Å². The first-order valence-electron chi connectivity index (χ1n) is 7.89. The molecule has 0 aliphatic carbocycles. The quantitative estimate of drug-likeness (QED) is 0.945. The monoisotopic (exact) mass is 297 g/mol. The van der Waals surface area contributed by atoms with Crippen molar-refractivity contribution in [1.29, 1.82) is 0 Å². The van der Waals surface area contributed by atoms with Crippen molar-refractivity contribution in [3.05, 3.63) is 52.6 Å². The first-order valence-corrected chi connectivity index (χ1v) is 7.89. The van der Waals surface area contributed by atoms with E-state index in [2.05, 4.69) is 23.7 Å². The number of nitrogens with zero attached hydrogens (tertiary/aromatic N) is 3. The van der Waals surface area contributed by atoms with Crippen molar-refractivity contribution in [3.8, 4) is 5.75 Å². The molecule has 116 valence electrons. The van der Waals surface area contributed by atoms with E-state index in [1.54, 1.807) is 0 Å². The normalized spacial score (nSPS) is 15.1. The summed E-state index contributed by atoms with van der Waals surface area (Å²) < 4.78 is 0. The number of phenolic OH excluding ortho intramolecular Hbond substituents is 1. The standard InChI is InChI=1S/C18H23N3O/c1-12(2)18-19-9-15-11-21(8-7-16(15)20-18)10-14-6-4-5-13(3)17(14)22/h4-6,9,12,22H,7-8,10-11H2,1-3H3. The van der Waals surface area contributed by atoms with Crippen LogP contribution in [0.1, 0.15) is 48.0 Å². The minimum Gasteiger partial charge on any atom is -0.507 e. The number of hydrogen-bond acceptors (Lipinski definition) is 4. The van der Waals surface area contributed by atoms with Gasteiger partial charge in [0.05, 0.1) is 0 Å². The van der Waals surface area contributed by atoms with E-state index in [1.807, 2.05) is 31.3 Å². The van der Waals surface area contributed by atoms with Crippen LogP contribution < -0.4 is 0 Å². The van der Waals surface area contributed by atoms with Crippen molar-refractivity contribution in [2.24, 2.45) is 0 Å². The number of phenols is 1. The Kier molecular flexibility index (Phi) is 4.12. The highest BCUT2D eigenvalue weighted by molar-refractivity contribution is 5.39. The molecule has 0 unspecified atom stereocenters. The van der Waals surface area contributed by atoms with E-state index in [0.717, 1.165) is 43.0 Å². The summed E-state index contributed by atoms with van der Waals surface area (Å²) in [5, 5.41) is 10.2.